The van der Waals surface area contributed by atoms with Crippen LogP contribution in [0.5, 0.6) is 0 Å². The van der Waals surface area contributed by atoms with Gasteiger partial charge < -0.3 is 10.4 Å². The Morgan fingerprint density at radius 1 is 1.07 bits per heavy atom. The summed E-state index contributed by atoms with van der Waals surface area (Å²) in [5.41, 5.74) is 4.38. The van der Waals surface area contributed by atoms with Crippen molar-refractivity contribution in [2.75, 3.05) is 5.32 Å². The van der Waals surface area contributed by atoms with Crippen LogP contribution in [0.25, 0.3) is 5.69 Å². The molecule has 27 heavy (non-hydrogen) atoms. The molecule has 6 nitrogen and oxygen atoms in total. The van der Waals surface area contributed by atoms with E-state index in [1.54, 1.807) is 29.8 Å². The Bertz CT molecular complexity index is 943. The molecule has 2 aromatic carbocycles. The molecule has 1 unspecified atom stereocenters. The first-order chi connectivity index (χ1) is 12.9. The summed E-state index contributed by atoms with van der Waals surface area (Å²) in [5.74, 6) is 0.120. The molecular formula is C21H24N4O2. The summed E-state index contributed by atoms with van der Waals surface area (Å²) in [4.78, 5) is 12.6. The third-order valence-electron chi connectivity index (χ3n) is 4.54. The number of aliphatic hydroxyl groups is 1. The minimum absolute atomic E-state index is 0.269. The van der Waals surface area contributed by atoms with E-state index in [1.165, 1.54) is 5.56 Å². The lowest BCUT2D eigenvalue weighted by Gasteiger charge is -2.09. The van der Waals surface area contributed by atoms with Crippen molar-refractivity contribution in [3.63, 3.8) is 0 Å². The number of amides is 1. The lowest BCUT2D eigenvalue weighted by Crippen LogP contribution is -2.14. The number of aromatic nitrogens is 3. The largest absolute Gasteiger partial charge is 0.389 e. The van der Waals surface area contributed by atoms with E-state index < -0.39 is 6.10 Å². The topological polar surface area (TPSA) is 80.0 Å². The molecule has 6 heteroatoms. The molecule has 140 valence electrons. The van der Waals surface area contributed by atoms with Crippen LogP contribution < -0.4 is 5.32 Å². The average Bonchev–Trinajstić information content (AvgIpc) is 3.03. The fourth-order valence-corrected chi connectivity index (χ4v) is 2.85. The van der Waals surface area contributed by atoms with E-state index in [0.717, 1.165) is 11.3 Å². The molecule has 0 aliphatic heterocycles. The normalized spacial score (nSPS) is 12.2. The molecule has 0 radical (unpaired) electrons. The number of hydrogen-bond acceptors (Lipinski definition) is 4. The number of hydrogen-bond donors (Lipinski definition) is 2. The maximum absolute atomic E-state index is 12.6. The number of rotatable bonds is 5. The minimum Gasteiger partial charge on any atom is -0.389 e. The molecule has 2 N–H and O–H groups in total. The van der Waals surface area contributed by atoms with Crippen molar-refractivity contribution in [1.29, 1.82) is 0 Å². The lowest BCUT2D eigenvalue weighted by molar-refractivity contribution is 0.102. The average molecular weight is 364 g/mol. The highest BCUT2D eigenvalue weighted by molar-refractivity contribution is 6.03. The Morgan fingerprint density at radius 2 is 1.78 bits per heavy atom. The van der Waals surface area contributed by atoms with Gasteiger partial charge in [-0.25, -0.2) is 4.68 Å². The summed E-state index contributed by atoms with van der Waals surface area (Å²) in [6.07, 6.45) is -0.599. The second-order valence-corrected chi connectivity index (χ2v) is 6.94. The Balaban J connectivity index is 1.82. The molecule has 1 heterocycles. The molecule has 0 saturated heterocycles. The Kier molecular flexibility index (Phi) is 5.37. The Hall–Kier alpha value is -2.99. The van der Waals surface area contributed by atoms with E-state index in [4.69, 9.17) is 0 Å². The Morgan fingerprint density at radius 3 is 2.41 bits per heavy atom. The highest BCUT2D eigenvalue weighted by Gasteiger charge is 2.18. The second kappa shape index (κ2) is 7.72. The van der Waals surface area contributed by atoms with Gasteiger partial charge in [-0.2, -0.15) is 0 Å². The van der Waals surface area contributed by atoms with Gasteiger partial charge in [0.2, 0.25) is 0 Å². The van der Waals surface area contributed by atoms with E-state index in [2.05, 4.69) is 41.6 Å². The van der Waals surface area contributed by atoms with E-state index in [-0.39, 0.29) is 11.6 Å². The maximum Gasteiger partial charge on any atom is 0.278 e. The van der Waals surface area contributed by atoms with Crippen LogP contribution in [0.15, 0.2) is 48.5 Å². The fraction of sp³-hybridized carbons (Fsp3) is 0.286. The summed E-state index contributed by atoms with van der Waals surface area (Å²) >= 11 is 0. The van der Waals surface area contributed by atoms with Gasteiger partial charge in [0.05, 0.1) is 17.5 Å². The minimum atomic E-state index is -0.599. The summed E-state index contributed by atoms with van der Waals surface area (Å²) in [6, 6.07) is 15.2. The van der Waals surface area contributed by atoms with Gasteiger partial charge in [-0.1, -0.05) is 43.3 Å². The zero-order valence-electron chi connectivity index (χ0n) is 16.0. The van der Waals surface area contributed by atoms with E-state index in [0.29, 0.717) is 17.3 Å². The third-order valence-corrected chi connectivity index (χ3v) is 4.54. The number of nitrogens with zero attached hydrogens (tertiary/aromatic N) is 3. The van der Waals surface area contributed by atoms with Gasteiger partial charge in [0.25, 0.3) is 5.91 Å². The van der Waals surface area contributed by atoms with Gasteiger partial charge in [-0.05, 0) is 55.2 Å². The van der Waals surface area contributed by atoms with Crippen LogP contribution >= 0.6 is 0 Å². The molecule has 1 amide bonds. The van der Waals surface area contributed by atoms with Crippen molar-refractivity contribution >= 4 is 11.6 Å². The third kappa shape index (κ3) is 4.06. The molecule has 1 atom stereocenters. The smallest absolute Gasteiger partial charge is 0.278 e. The van der Waals surface area contributed by atoms with Crippen molar-refractivity contribution < 1.29 is 9.90 Å². The van der Waals surface area contributed by atoms with Crippen LogP contribution in [0, 0.1) is 6.92 Å². The second-order valence-electron chi connectivity index (χ2n) is 6.94. The molecule has 0 bridgehead atoms. The molecular weight excluding hydrogens is 340 g/mol. The Labute approximate surface area is 158 Å². The van der Waals surface area contributed by atoms with Crippen molar-refractivity contribution in [2.24, 2.45) is 0 Å². The predicted molar refractivity (Wildman–Crippen MR) is 105 cm³/mol. The van der Waals surface area contributed by atoms with Gasteiger partial charge in [0.1, 0.15) is 0 Å². The van der Waals surface area contributed by atoms with Crippen LogP contribution in [0.3, 0.4) is 0 Å². The SMILES string of the molecule is Cc1c(C(=O)Nc2cccc(C(C)O)c2)nnn1-c1ccc(C(C)C)cc1. The van der Waals surface area contributed by atoms with E-state index in [9.17, 15) is 9.90 Å². The lowest BCUT2D eigenvalue weighted by atomic mass is 10.0. The molecule has 0 fully saturated rings. The van der Waals surface area contributed by atoms with Crippen LogP contribution in [0.2, 0.25) is 0 Å². The molecule has 0 aliphatic carbocycles. The zero-order valence-corrected chi connectivity index (χ0v) is 16.0. The van der Waals surface area contributed by atoms with Crippen LogP contribution in [-0.4, -0.2) is 26.0 Å². The summed E-state index contributed by atoms with van der Waals surface area (Å²) in [5, 5.41) is 20.7. The molecule has 1 aromatic heterocycles. The highest BCUT2D eigenvalue weighted by Crippen LogP contribution is 2.20. The summed E-state index contributed by atoms with van der Waals surface area (Å²) in [6.45, 7) is 7.79. The first-order valence-electron chi connectivity index (χ1n) is 8.99. The van der Waals surface area contributed by atoms with Crippen molar-refractivity contribution in [2.45, 2.75) is 39.7 Å². The molecule has 0 aliphatic rings. The van der Waals surface area contributed by atoms with Gasteiger partial charge >= 0.3 is 0 Å². The fourth-order valence-electron chi connectivity index (χ4n) is 2.85. The van der Waals surface area contributed by atoms with E-state index >= 15 is 0 Å². The molecule has 3 aromatic rings. The number of nitrogens with one attached hydrogen (secondary N) is 1. The number of carbonyl (C=O) groups is 1. The number of benzene rings is 2. The van der Waals surface area contributed by atoms with Crippen LogP contribution in [0.4, 0.5) is 5.69 Å². The molecule has 3 rings (SSSR count). The highest BCUT2D eigenvalue weighted by atomic mass is 16.3. The van der Waals surface area contributed by atoms with Crippen molar-refractivity contribution in [3.8, 4) is 5.69 Å². The maximum atomic E-state index is 12.6. The van der Waals surface area contributed by atoms with Gasteiger partial charge in [-0.3, -0.25) is 4.79 Å². The first kappa shape index (κ1) is 18.8. The quantitative estimate of drug-likeness (QED) is 0.717. The number of anilines is 1. The number of carbonyl (C=O) groups excluding carboxylic acids is 1. The van der Waals surface area contributed by atoms with Crippen LogP contribution in [0.1, 0.15) is 60.1 Å². The summed E-state index contributed by atoms with van der Waals surface area (Å²) in [7, 11) is 0. The molecule has 0 saturated carbocycles. The predicted octanol–water partition coefficient (Wildman–Crippen LogP) is 4.00. The van der Waals surface area contributed by atoms with Crippen molar-refractivity contribution in [1.82, 2.24) is 15.0 Å². The van der Waals surface area contributed by atoms with Crippen LogP contribution in [-0.2, 0) is 0 Å². The zero-order chi connectivity index (χ0) is 19.6. The molecule has 0 spiro atoms. The summed E-state index contributed by atoms with van der Waals surface area (Å²) < 4.78 is 1.66. The van der Waals surface area contributed by atoms with Gasteiger partial charge in [0, 0.05) is 5.69 Å². The van der Waals surface area contributed by atoms with Gasteiger partial charge in [0.15, 0.2) is 5.69 Å². The van der Waals surface area contributed by atoms with Gasteiger partial charge in [-0.15, -0.1) is 5.10 Å². The number of aliphatic hydroxyl groups excluding tert-OH is 1. The first-order valence-corrected chi connectivity index (χ1v) is 8.99. The van der Waals surface area contributed by atoms with Crippen molar-refractivity contribution in [3.05, 3.63) is 71.0 Å². The monoisotopic (exact) mass is 364 g/mol. The standard InChI is InChI=1S/C21H24N4O2/c1-13(2)16-8-10-19(11-9-16)25-14(3)20(23-24-25)21(27)22-18-7-5-6-17(12-18)15(4)26/h5-13,15,26H,1-4H3,(H,22,27). The van der Waals surface area contributed by atoms with E-state index in [1.807, 2.05) is 25.1 Å².